The standard InChI is InChI=1S/C16H22FN3O6S2/c1-12(16(22)20-8-10-27(23,24)11-9-20)19-15(21)6-7-18-28(25,26)14-4-2-13(17)3-5-14/h2-5,12,18H,6-11H2,1H3,(H,19,21). The molecule has 0 aromatic heterocycles. The quantitative estimate of drug-likeness (QED) is 0.580. The number of halogens is 1. The lowest BCUT2D eigenvalue weighted by molar-refractivity contribution is -0.135. The van der Waals surface area contributed by atoms with Gasteiger partial charge in [0.15, 0.2) is 9.84 Å². The molecule has 1 aromatic carbocycles. The molecule has 0 radical (unpaired) electrons. The topological polar surface area (TPSA) is 130 Å². The second-order valence-electron chi connectivity index (χ2n) is 6.37. The van der Waals surface area contributed by atoms with Gasteiger partial charge < -0.3 is 10.2 Å². The van der Waals surface area contributed by atoms with E-state index >= 15 is 0 Å². The van der Waals surface area contributed by atoms with Crippen molar-refractivity contribution in [3.63, 3.8) is 0 Å². The lowest BCUT2D eigenvalue weighted by atomic mass is 10.2. The van der Waals surface area contributed by atoms with Crippen LogP contribution in [0.25, 0.3) is 0 Å². The van der Waals surface area contributed by atoms with Crippen LogP contribution >= 0.6 is 0 Å². The molecule has 12 heteroatoms. The molecule has 2 N–H and O–H groups in total. The molecule has 0 aliphatic carbocycles. The van der Waals surface area contributed by atoms with Crippen LogP contribution in [-0.2, 0) is 29.4 Å². The summed E-state index contributed by atoms with van der Waals surface area (Å²) in [6.45, 7) is 1.44. The molecule has 0 spiro atoms. The average Bonchev–Trinajstić information content (AvgIpc) is 2.61. The first-order valence-electron chi connectivity index (χ1n) is 8.54. The van der Waals surface area contributed by atoms with Crippen molar-refractivity contribution in [2.75, 3.05) is 31.1 Å². The van der Waals surface area contributed by atoms with E-state index in [4.69, 9.17) is 0 Å². The summed E-state index contributed by atoms with van der Waals surface area (Å²) >= 11 is 0. The Kier molecular flexibility index (Phi) is 7.12. The highest BCUT2D eigenvalue weighted by atomic mass is 32.2. The van der Waals surface area contributed by atoms with Crippen molar-refractivity contribution >= 4 is 31.7 Å². The van der Waals surface area contributed by atoms with E-state index in [1.54, 1.807) is 0 Å². The highest BCUT2D eigenvalue weighted by molar-refractivity contribution is 7.91. The Bertz CT molecular complexity index is 918. The number of nitrogens with one attached hydrogen (secondary N) is 2. The molecule has 1 aromatic rings. The highest BCUT2D eigenvalue weighted by Crippen LogP contribution is 2.09. The van der Waals surface area contributed by atoms with Crippen LogP contribution in [-0.4, -0.2) is 70.7 Å². The van der Waals surface area contributed by atoms with Crippen molar-refractivity contribution in [3.05, 3.63) is 30.1 Å². The number of carbonyl (C=O) groups is 2. The Morgan fingerprint density at radius 2 is 1.75 bits per heavy atom. The molecule has 1 saturated heterocycles. The maximum absolute atomic E-state index is 12.9. The van der Waals surface area contributed by atoms with Gasteiger partial charge in [-0.3, -0.25) is 9.59 Å². The highest BCUT2D eigenvalue weighted by Gasteiger charge is 2.28. The Balaban J connectivity index is 1.78. The van der Waals surface area contributed by atoms with Gasteiger partial charge in [-0.15, -0.1) is 0 Å². The summed E-state index contributed by atoms with van der Waals surface area (Å²) < 4.78 is 62.0. The number of rotatable bonds is 7. The largest absolute Gasteiger partial charge is 0.345 e. The zero-order chi connectivity index (χ0) is 20.9. The Labute approximate surface area is 163 Å². The van der Waals surface area contributed by atoms with Gasteiger partial charge >= 0.3 is 0 Å². The van der Waals surface area contributed by atoms with Gasteiger partial charge in [0.05, 0.1) is 16.4 Å². The Hall–Kier alpha value is -2.05. The van der Waals surface area contributed by atoms with Gasteiger partial charge in [0.2, 0.25) is 21.8 Å². The van der Waals surface area contributed by atoms with Crippen LogP contribution in [0.15, 0.2) is 29.2 Å². The number of sulfonamides is 1. The van der Waals surface area contributed by atoms with E-state index in [1.807, 2.05) is 0 Å². The van der Waals surface area contributed by atoms with Gasteiger partial charge in [0, 0.05) is 26.1 Å². The van der Waals surface area contributed by atoms with Crippen LogP contribution in [0.4, 0.5) is 4.39 Å². The third-order valence-corrected chi connectivity index (χ3v) is 7.26. The molecule has 2 rings (SSSR count). The zero-order valence-corrected chi connectivity index (χ0v) is 16.9. The predicted octanol–water partition coefficient (Wildman–Crippen LogP) is -0.744. The monoisotopic (exact) mass is 435 g/mol. The van der Waals surface area contributed by atoms with Crippen molar-refractivity contribution in [1.29, 1.82) is 0 Å². The minimum Gasteiger partial charge on any atom is -0.345 e. The molecular formula is C16H22FN3O6S2. The molecule has 0 bridgehead atoms. The number of hydrogen-bond acceptors (Lipinski definition) is 6. The van der Waals surface area contributed by atoms with E-state index in [9.17, 15) is 30.8 Å². The summed E-state index contributed by atoms with van der Waals surface area (Å²) in [5.41, 5.74) is 0. The van der Waals surface area contributed by atoms with Gasteiger partial charge in [0.1, 0.15) is 11.9 Å². The molecule has 1 unspecified atom stereocenters. The number of benzene rings is 1. The van der Waals surface area contributed by atoms with Gasteiger partial charge in [-0.2, -0.15) is 0 Å². The molecule has 1 heterocycles. The number of hydrogen-bond donors (Lipinski definition) is 2. The molecule has 156 valence electrons. The maximum Gasteiger partial charge on any atom is 0.244 e. The Morgan fingerprint density at radius 3 is 2.32 bits per heavy atom. The summed E-state index contributed by atoms with van der Waals surface area (Å²) in [7, 11) is -6.99. The van der Waals surface area contributed by atoms with Crippen LogP contribution in [0, 0.1) is 5.82 Å². The maximum atomic E-state index is 12.9. The zero-order valence-electron chi connectivity index (χ0n) is 15.2. The predicted molar refractivity (Wildman–Crippen MR) is 99.0 cm³/mol. The molecule has 28 heavy (non-hydrogen) atoms. The normalized spacial score (nSPS) is 17.7. The first-order valence-corrected chi connectivity index (χ1v) is 11.8. The molecule has 2 amide bonds. The third-order valence-electron chi connectivity index (χ3n) is 4.17. The van der Waals surface area contributed by atoms with Gasteiger partial charge in [-0.1, -0.05) is 0 Å². The average molecular weight is 435 g/mol. The summed E-state index contributed by atoms with van der Waals surface area (Å²) in [5, 5.41) is 2.47. The molecule has 1 aliphatic rings. The fraction of sp³-hybridized carbons (Fsp3) is 0.500. The van der Waals surface area contributed by atoms with E-state index < -0.39 is 43.5 Å². The fourth-order valence-electron chi connectivity index (χ4n) is 2.58. The minimum absolute atomic E-state index is 0.0822. The van der Waals surface area contributed by atoms with Gasteiger partial charge in [-0.05, 0) is 31.2 Å². The lowest BCUT2D eigenvalue weighted by Crippen LogP contribution is -2.51. The first kappa shape index (κ1) is 22.2. The number of carbonyl (C=O) groups excluding carboxylic acids is 2. The van der Waals surface area contributed by atoms with E-state index in [0.29, 0.717) is 0 Å². The summed E-state index contributed by atoms with van der Waals surface area (Å²) in [6.07, 6.45) is -0.202. The van der Waals surface area contributed by atoms with E-state index in [-0.39, 0.29) is 42.5 Å². The van der Waals surface area contributed by atoms with Gasteiger partial charge in [-0.25, -0.2) is 25.9 Å². The third kappa shape index (κ3) is 6.24. The molecule has 0 saturated carbocycles. The van der Waals surface area contributed by atoms with Gasteiger partial charge in [0.25, 0.3) is 0 Å². The van der Waals surface area contributed by atoms with E-state index in [1.165, 1.54) is 11.8 Å². The van der Waals surface area contributed by atoms with Crippen molar-refractivity contribution in [3.8, 4) is 0 Å². The molecule has 1 atom stereocenters. The first-order chi connectivity index (χ1) is 13.0. The lowest BCUT2D eigenvalue weighted by Gasteiger charge is -2.29. The van der Waals surface area contributed by atoms with Crippen molar-refractivity contribution in [2.45, 2.75) is 24.3 Å². The van der Waals surface area contributed by atoms with Crippen LogP contribution < -0.4 is 10.0 Å². The smallest absolute Gasteiger partial charge is 0.244 e. The molecule has 9 nitrogen and oxygen atoms in total. The van der Waals surface area contributed by atoms with Crippen LogP contribution in [0.1, 0.15) is 13.3 Å². The van der Waals surface area contributed by atoms with E-state index in [2.05, 4.69) is 10.0 Å². The number of amides is 2. The molecule has 1 fully saturated rings. The second kappa shape index (κ2) is 8.97. The summed E-state index contributed by atoms with van der Waals surface area (Å²) in [4.78, 5) is 25.5. The van der Waals surface area contributed by atoms with E-state index in [0.717, 1.165) is 24.3 Å². The van der Waals surface area contributed by atoms with Crippen LogP contribution in [0.5, 0.6) is 0 Å². The fourth-order valence-corrected chi connectivity index (χ4v) is 4.81. The number of nitrogens with zero attached hydrogens (tertiary/aromatic N) is 1. The van der Waals surface area contributed by atoms with Crippen molar-refractivity contribution in [2.24, 2.45) is 0 Å². The van der Waals surface area contributed by atoms with Crippen molar-refractivity contribution < 1.29 is 30.8 Å². The SMILES string of the molecule is CC(NC(=O)CCNS(=O)(=O)c1ccc(F)cc1)C(=O)N1CCS(=O)(=O)CC1. The van der Waals surface area contributed by atoms with Crippen LogP contribution in [0.3, 0.4) is 0 Å². The van der Waals surface area contributed by atoms with Crippen molar-refractivity contribution in [1.82, 2.24) is 14.9 Å². The second-order valence-corrected chi connectivity index (χ2v) is 10.4. The Morgan fingerprint density at radius 1 is 1.18 bits per heavy atom. The molecular weight excluding hydrogens is 413 g/mol. The summed E-state index contributed by atoms with van der Waals surface area (Å²) in [6, 6.07) is 3.39. The summed E-state index contributed by atoms with van der Waals surface area (Å²) in [5.74, 6) is -1.71. The molecule has 1 aliphatic heterocycles. The number of sulfone groups is 1. The minimum atomic E-state index is -3.87. The van der Waals surface area contributed by atoms with Crippen LogP contribution in [0.2, 0.25) is 0 Å².